The van der Waals surface area contributed by atoms with Crippen molar-refractivity contribution in [3.63, 3.8) is 0 Å². The van der Waals surface area contributed by atoms with E-state index in [1.807, 2.05) is 35.2 Å². The third kappa shape index (κ3) is 2.66. The first-order valence-corrected chi connectivity index (χ1v) is 8.40. The van der Waals surface area contributed by atoms with Gasteiger partial charge in [0.05, 0.1) is 11.5 Å². The number of sulfone groups is 1. The lowest BCUT2D eigenvalue weighted by Gasteiger charge is -2.41. The fourth-order valence-corrected chi connectivity index (χ4v) is 5.33. The van der Waals surface area contributed by atoms with Gasteiger partial charge >= 0.3 is 0 Å². The van der Waals surface area contributed by atoms with Gasteiger partial charge in [-0.1, -0.05) is 18.2 Å². The van der Waals surface area contributed by atoms with E-state index < -0.39 is 9.84 Å². The van der Waals surface area contributed by atoms with Crippen LogP contribution >= 0.6 is 0 Å². The van der Waals surface area contributed by atoms with Gasteiger partial charge in [-0.15, -0.1) is 0 Å². The molecule has 2 fully saturated rings. The summed E-state index contributed by atoms with van der Waals surface area (Å²) in [6.07, 6.45) is 0.942. The van der Waals surface area contributed by atoms with E-state index >= 15 is 0 Å². The third-order valence-electron chi connectivity index (χ3n) is 3.91. The molecule has 5 heteroatoms. The van der Waals surface area contributed by atoms with E-state index in [4.69, 9.17) is 0 Å². The van der Waals surface area contributed by atoms with E-state index in [1.54, 1.807) is 0 Å². The SMILES string of the molecule is O=C(c1ccccc1)N1CC2CC(C1)CS(=O)(=O)C2. The lowest BCUT2D eigenvalue weighted by atomic mass is 9.90. The van der Waals surface area contributed by atoms with Crippen LogP contribution < -0.4 is 0 Å². The molecule has 2 saturated heterocycles. The van der Waals surface area contributed by atoms with Crippen LogP contribution in [-0.2, 0) is 9.84 Å². The second kappa shape index (κ2) is 4.63. The summed E-state index contributed by atoms with van der Waals surface area (Å²) < 4.78 is 23.4. The molecular formula is C14H17NO3S. The first-order valence-electron chi connectivity index (χ1n) is 6.58. The molecule has 0 N–H and O–H groups in total. The van der Waals surface area contributed by atoms with Crippen molar-refractivity contribution in [3.8, 4) is 0 Å². The molecule has 2 heterocycles. The van der Waals surface area contributed by atoms with Crippen molar-refractivity contribution in [2.75, 3.05) is 24.6 Å². The highest BCUT2D eigenvalue weighted by atomic mass is 32.2. The Kier molecular flexibility index (Phi) is 3.09. The highest BCUT2D eigenvalue weighted by Gasteiger charge is 2.39. The van der Waals surface area contributed by atoms with Crippen LogP contribution in [0.15, 0.2) is 30.3 Å². The van der Waals surface area contributed by atoms with Gasteiger partial charge in [0.15, 0.2) is 9.84 Å². The van der Waals surface area contributed by atoms with Crippen LogP contribution in [0.5, 0.6) is 0 Å². The molecule has 1 aromatic carbocycles. The van der Waals surface area contributed by atoms with Gasteiger partial charge in [-0.05, 0) is 30.4 Å². The van der Waals surface area contributed by atoms with Crippen LogP contribution in [0.1, 0.15) is 16.8 Å². The maximum Gasteiger partial charge on any atom is 0.253 e. The molecule has 0 aromatic heterocycles. The Bertz CT molecular complexity index is 562. The van der Waals surface area contributed by atoms with E-state index in [2.05, 4.69) is 0 Å². The first kappa shape index (κ1) is 12.7. The molecular weight excluding hydrogens is 262 g/mol. The Morgan fingerprint density at radius 1 is 1.05 bits per heavy atom. The summed E-state index contributed by atoms with van der Waals surface area (Å²) in [5.41, 5.74) is 0.685. The Labute approximate surface area is 113 Å². The summed E-state index contributed by atoms with van der Waals surface area (Å²) in [7, 11) is -2.89. The quantitative estimate of drug-likeness (QED) is 0.776. The molecule has 102 valence electrons. The van der Waals surface area contributed by atoms with E-state index in [1.165, 1.54) is 0 Å². The van der Waals surface area contributed by atoms with Crippen LogP contribution in [-0.4, -0.2) is 43.8 Å². The first-order chi connectivity index (χ1) is 9.03. The molecule has 1 aromatic rings. The van der Waals surface area contributed by atoms with Gasteiger partial charge in [0.1, 0.15) is 0 Å². The standard InChI is InChI=1S/C14H17NO3S/c16-14(13-4-2-1-3-5-13)15-7-11-6-12(8-15)10-19(17,18)9-11/h1-5,11-12H,6-10H2. The Balaban J connectivity index is 1.77. The predicted molar refractivity (Wildman–Crippen MR) is 72.6 cm³/mol. The monoisotopic (exact) mass is 279 g/mol. The Hall–Kier alpha value is -1.36. The lowest BCUT2D eigenvalue weighted by molar-refractivity contribution is 0.0616. The van der Waals surface area contributed by atoms with Crippen LogP contribution in [0.4, 0.5) is 0 Å². The molecule has 2 atom stereocenters. The molecule has 0 radical (unpaired) electrons. The van der Waals surface area contributed by atoms with Crippen molar-refractivity contribution in [3.05, 3.63) is 35.9 Å². The average Bonchev–Trinajstić information content (AvgIpc) is 2.36. The zero-order valence-electron chi connectivity index (χ0n) is 10.7. The van der Waals surface area contributed by atoms with Crippen molar-refractivity contribution >= 4 is 15.7 Å². The minimum Gasteiger partial charge on any atom is -0.338 e. The van der Waals surface area contributed by atoms with Gasteiger partial charge in [0.2, 0.25) is 0 Å². The zero-order valence-corrected chi connectivity index (χ0v) is 11.5. The number of likely N-dealkylation sites (tertiary alicyclic amines) is 1. The number of benzene rings is 1. The summed E-state index contributed by atoms with van der Waals surface area (Å²) in [6.45, 7) is 1.15. The van der Waals surface area contributed by atoms with Crippen LogP contribution in [0, 0.1) is 11.8 Å². The summed E-state index contributed by atoms with van der Waals surface area (Å²) in [5.74, 6) is 0.731. The summed E-state index contributed by atoms with van der Waals surface area (Å²) in [6, 6.07) is 9.20. The lowest BCUT2D eigenvalue weighted by Crippen LogP contribution is -2.50. The summed E-state index contributed by atoms with van der Waals surface area (Å²) in [5, 5.41) is 0. The van der Waals surface area contributed by atoms with E-state index in [0.29, 0.717) is 18.7 Å². The average molecular weight is 279 g/mol. The topological polar surface area (TPSA) is 54.5 Å². The second-order valence-corrected chi connectivity index (χ2v) is 7.77. The van der Waals surface area contributed by atoms with Gasteiger partial charge in [-0.25, -0.2) is 8.42 Å². The minimum absolute atomic E-state index is 0.0228. The maximum absolute atomic E-state index is 12.4. The van der Waals surface area contributed by atoms with Gasteiger partial charge in [0, 0.05) is 18.7 Å². The van der Waals surface area contributed by atoms with Gasteiger partial charge in [-0.2, -0.15) is 0 Å². The number of carbonyl (C=O) groups excluding carboxylic acids is 1. The van der Waals surface area contributed by atoms with Crippen molar-refractivity contribution < 1.29 is 13.2 Å². The normalized spacial score (nSPS) is 28.9. The highest BCUT2D eigenvalue weighted by molar-refractivity contribution is 7.91. The second-order valence-electron chi connectivity index (χ2n) is 5.62. The maximum atomic E-state index is 12.4. The molecule has 1 amide bonds. The molecule has 2 aliphatic heterocycles. The number of amides is 1. The van der Waals surface area contributed by atoms with Gasteiger partial charge in [0.25, 0.3) is 5.91 Å². The van der Waals surface area contributed by atoms with Crippen LogP contribution in [0.25, 0.3) is 0 Å². The number of carbonyl (C=O) groups is 1. The molecule has 19 heavy (non-hydrogen) atoms. The van der Waals surface area contributed by atoms with Crippen molar-refractivity contribution in [1.82, 2.24) is 4.90 Å². The molecule has 0 spiro atoms. The van der Waals surface area contributed by atoms with Crippen molar-refractivity contribution in [2.24, 2.45) is 11.8 Å². The van der Waals surface area contributed by atoms with E-state index in [-0.39, 0.29) is 29.2 Å². The Morgan fingerprint density at radius 2 is 1.63 bits per heavy atom. The molecule has 0 aliphatic carbocycles. The molecule has 4 nitrogen and oxygen atoms in total. The number of nitrogens with zero attached hydrogens (tertiary/aromatic N) is 1. The molecule has 2 bridgehead atoms. The van der Waals surface area contributed by atoms with Gasteiger partial charge in [-0.3, -0.25) is 4.79 Å². The molecule has 0 saturated carbocycles. The van der Waals surface area contributed by atoms with Crippen molar-refractivity contribution in [2.45, 2.75) is 6.42 Å². The number of hydrogen-bond acceptors (Lipinski definition) is 3. The van der Waals surface area contributed by atoms with Gasteiger partial charge < -0.3 is 4.90 Å². The number of piperidine rings is 1. The highest BCUT2D eigenvalue weighted by Crippen LogP contribution is 2.30. The largest absolute Gasteiger partial charge is 0.338 e. The number of hydrogen-bond donors (Lipinski definition) is 0. The minimum atomic E-state index is -2.89. The van der Waals surface area contributed by atoms with E-state index in [9.17, 15) is 13.2 Å². The fraction of sp³-hybridized carbons (Fsp3) is 0.500. The smallest absolute Gasteiger partial charge is 0.253 e. The zero-order chi connectivity index (χ0) is 13.5. The predicted octanol–water partition coefficient (Wildman–Crippen LogP) is 1.19. The summed E-state index contributed by atoms with van der Waals surface area (Å²) in [4.78, 5) is 14.2. The summed E-state index contributed by atoms with van der Waals surface area (Å²) >= 11 is 0. The molecule has 2 unspecified atom stereocenters. The number of rotatable bonds is 1. The van der Waals surface area contributed by atoms with Crippen molar-refractivity contribution in [1.29, 1.82) is 0 Å². The van der Waals surface area contributed by atoms with Crippen LogP contribution in [0.2, 0.25) is 0 Å². The molecule has 2 aliphatic rings. The fourth-order valence-electron chi connectivity index (χ4n) is 3.28. The van der Waals surface area contributed by atoms with E-state index in [0.717, 1.165) is 6.42 Å². The third-order valence-corrected chi connectivity index (χ3v) is 5.87. The molecule has 3 rings (SSSR count). The van der Waals surface area contributed by atoms with Crippen LogP contribution in [0.3, 0.4) is 0 Å². The number of fused-ring (bicyclic) bond motifs is 2. The Morgan fingerprint density at radius 3 is 2.21 bits per heavy atom.